The molecule has 1 saturated carbocycles. The molecule has 2 nitrogen and oxygen atoms in total. The Hall–Kier alpha value is -0.0800. The lowest BCUT2D eigenvalue weighted by atomic mass is 9.88. The number of aliphatic hydroxyl groups is 1. The van der Waals surface area contributed by atoms with E-state index >= 15 is 0 Å². The fourth-order valence-corrected chi connectivity index (χ4v) is 1.95. The minimum atomic E-state index is -0.286. The van der Waals surface area contributed by atoms with Crippen LogP contribution in [0.5, 0.6) is 0 Å². The third-order valence-corrected chi connectivity index (χ3v) is 3.62. The lowest BCUT2D eigenvalue weighted by molar-refractivity contribution is 0.0918. The van der Waals surface area contributed by atoms with Gasteiger partial charge in [-0.2, -0.15) is 0 Å². The van der Waals surface area contributed by atoms with E-state index in [9.17, 15) is 5.11 Å². The van der Waals surface area contributed by atoms with Gasteiger partial charge in [-0.05, 0) is 46.1 Å². The summed E-state index contributed by atoms with van der Waals surface area (Å²) in [5, 5.41) is 13.0. The van der Waals surface area contributed by atoms with Crippen LogP contribution >= 0.6 is 0 Å². The highest BCUT2D eigenvalue weighted by molar-refractivity contribution is 4.84. The first-order valence-electron chi connectivity index (χ1n) is 5.95. The Morgan fingerprint density at radius 1 is 1.29 bits per heavy atom. The van der Waals surface area contributed by atoms with E-state index in [-0.39, 0.29) is 11.6 Å². The Morgan fingerprint density at radius 3 is 2.36 bits per heavy atom. The normalized spacial score (nSPS) is 22.3. The molecule has 2 heteroatoms. The SMILES string of the molecule is CC(O)C(C)(C)NCC1CCCCC1. The molecule has 0 spiro atoms. The molecule has 0 aromatic rings. The van der Waals surface area contributed by atoms with Crippen molar-refractivity contribution in [3.8, 4) is 0 Å². The maximum absolute atomic E-state index is 9.55. The topological polar surface area (TPSA) is 32.3 Å². The van der Waals surface area contributed by atoms with E-state index in [4.69, 9.17) is 0 Å². The van der Waals surface area contributed by atoms with Gasteiger partial charge >= 0.3 is 0 Å². The molecule has 1 aliphatic rings. The van der Waals surface area contributed by atoms with E-state index < -0.39 is 0 Å². The second-order valence-corrected chi connectivity index (χ2v) is 5.28. The van der Waals surface area contributed by atoms with Crippen LogP contribution in [0.1, 0.15) is 52.9 Å². The molecule has 2 N–H and O–H groups in total. The Bertz CT molecular complexity index is 160. The zero-order valence-electron chi connectivity index (χ0n) is 9.84. The number of aliphatic hydroxyl groups excluding tert-OH is 1. The number of nitrogens with one attached hydrogen (secondary N) is 1. The van der Waals surface area contributed by atoms with E-state index in [1.165, 1.54) is 32.1 Å². The van der Waals surface area contributed by atoms with Crippen LogP contribution in [0.2, 0.25) is 0 Å². The lowest BCUT2D eigenvalue weighted by Crippen LogP contribution is -2.49. The molecular formula is C12H25NO. The predicted molar refractivity (Wildman–Crippen MR) is 60.3 cm³/mol. The molecule has 1 atom stereocenters. The van der Waals surface area contributed by atoms with Crippen LogP contribution in [0.4, 0.5) is 0 Å². The fraction of sp³-hybridized carbons (Fsp3) is 1.00. The maximum atomic E-state index is 9.55. The Balaban J connectivity index is 2.24. The van der Waals surface area contributed by atoms with Crippen molar-refractivity contribution in [1.29, 1.82) is 0 Å². The average Bonchev–Trinajstić information content (AvgIpc) is 2.16. The molecule has 84 valence electrons. The van der Waals surface area contributed by atoms with E-state index in [0.717, 1.165) is 12.5 Å². The van der Waals surface area contributed by atoms with Crippen molar-refractivity contribution in [2.45, 2.75) is 64.5 Å². The first-order chi connectivity index (χ1) is 6.52. The summed E-state index contributed by atoms with van der Waals surface area (Å²) in [7, 11) is 0. The number of hydrogen-bond donors (Lipinski definition) is 2. The molecule has 0 aliphatic heterocycles. The van der Waals surface area contributed by atoms with Crippen molar-refractivity contribution in [3.05, 3.63) is 0 Å². The van der Waals surface area contributed by atoms with Gasteiger partial charge in [-0.3, -0.25) is 0 Å². The van der Waals surface area contributed by atoms with Gasteiger partial charge in [0.05, 0.1) is 6.10 Å². The molecule has 1 fully saturated rings. The summed E-state index contributed by atoms with van der Waals surface area (Å²) in [4.78, 5) is 0. The summed E-state index contributed by atoms with van der Waals surface area (Å²) in [6, 6.07) is 0. The summed E-state index contributed by atoms with van der Waals surface area (Å²) < 4.78 is 0. The predicted octanol–water partition coefficient (Wildman–Crippen LogP) is 2.32. The monoisotopic (exact) mass is 199 g/mol. The molecule has 0 aromatic carbocycles. The summed E-state index contributed by atoms with van der Waals surface area (Å²) in [6.45, 7) is 7.06. The van der Waals surface area contributed by atoms with Crippen molar-refractivity contribution < 1.29 is 5.11 Å². The Morgan fingerprint density at radius 2 is 1.86 bits per heavy atom. The molecule has 1 unspecified atom stereocenters. The van der Waals surface area contributed by atoms with Crippen LogP contribution < -0.4 is 5.32 Å². The third kappa shape index (κ3) is 3.58. The van der Waals surface area contributed by atoms with Gasteiger partial charge in [0.1, 0.15) is 0 Å². The van der Waals surface area contributed by atoms with Gasteiger partial charge in [0.2, 0.25) is 0 Å². The van der Waals surface area contributed by atoms with Gasteiger partial charge in [0.25, 0.3) is 0 Å². The van der Waals surface area contributed by atoms with Gasteiger partial charge in [0, 0.05) is 5.54 Å². The molecular weight excluding hydrogens is 174 g/mol. The molecule has 0 heterocycles. The van der Waals surface area contributed by atoms with Crippen molar-refractivity contribution in [2.24, 2.45) is 5.92 Å². The van der Waals surface area contributed by atoms with Crippen molar-refractivity contribution in [2.75, 3.05) is 6.54 Å². The Labute approximate surface area is 88.1 Å². The molecule has 0 amide bonds. The van der Waals surface area contributed by atoms with Crippen LogP contribution in [-0.2, 0) is 0 Å². The summed E-state index contributed by atoms with van der Waals surface area (Å²) in [5.41, 5.74) is -0.141. The third-order valence-electron chi connectivity index (χ3n) is 3.62. The molecule has 0 radical (unpaired) electrons. The summed E-state index contributed by atoms with van der Waals surface area (Å²) in [5.74, 6) is 0.835. The van der Waals surface area contributed by atoms with Gasteiger partial charge in [-0.15, -0.1) is 0 Å². The fourth-order valence-electron chi connectivity index (χ4n) is 1.95. The van der Waals surface area contributed by atoms with E-state index in [1.807, 2.05) is 6.92 Å². The van der Waals surface area contributed by atoms with Gasteiger partial charge < -0.3 is 10.4 Å². The van der Waals surface area contributed by atoms with Crippen molar-refractivity contribution in [3.63, 3.8) is 0 Å². The van der Waals surface area contributed by atoms with E-state index in [2.05, 4.69) is 19.2 Å². The van der Waals surface area contributed by atoms with Gasteiger partial charge in [0.15, 0.2) is 0 Å². The summed E-state index contributed by atoms with van der Waals surface area (Å²) in [6.07, 6.45) is 6.64. The van der Waals surface area contributed by atoms with Crippen LogP contribution in [0.3, 0.4) is 0 Å². The Kier molecular flexibility index (Phi) is 4.39. The van der Waals surface area contributed by atoms with Gasteiger partial charge in [-0.1, -0.05) is 19.3 Å². The minimum absolute atomic E-state index is 0.141. The van der Waals surface area contributed by atoms with Gasteiger partial charge in [-0.25, -0.2) is 0 Å². The van der Waals surface area contributed by atoms with Crippen LogP contribution in [-0.4, -0.2) is 23.3 Å². The van der Waals surface area contributed by atoms with E-state index in [1.54, 1.807) is 0 Å². The average molecular weight is 199 g/mol. The summed E-state index contributed by atoms with van der Waals surface area (Å²) >= 11 is 0. The molecule has 14 heavy (non-hydrogen) atoms. The maximum Gasteiger partial charge on any atom is 0.0688 e. The number of hydrogen-bond acceptors (Lipinski definition) is 2. The van der Waals surface area contributed by atoms with Crippen molar-refractivity contribution in [1.82, 2.24) is 5.32 Å². The zero-order chi connectivity index (χ0) is 10.6. The highest BCUT2D eigenvalue weighted by Gasteiger charge is 2.24. The minimum Gasteiger partial charge on any atom is -0.392 e. The first kappa shape index (κ1) is 12.0. The van der Waals surface area contributed by atoms with Crippen LogP contribution in [0.15, 0.2) is 0 Å². The first-order valence-corrected chi connectivity index (χ1v) is 5.95. The number of rotatable bonds is 4. The highest BCUT2D eigenvalue weighted by atomic mass is 16.3. The second-order valence-electron chi connectivity index (χ2n) is 5.28. The lowest BCUT2D eigenvalue weighted by Gasteiger charge is -2.32. The highest BCUT2D eigenvalue weighted by Crippen LogP contribution is 2.23. The molecule has 1 aliphatic carbocycles. The molecule has 0 bridgehead atoms. The van der Waals surface area contributed by atoms with Crippen molar-refractivity contribution >= 4 is 0 Å². The standard InChI is InChI=1S/C12H25NO/c1-10(14)12(2,3)13-9-11-7-5-4-6-8-11/h10-11,13-14H,4-9H2,1-3H3. The van der Waals surface area contributed by atoms with Crippen LogP contribution in [0.25, 0.3) is 0 Å². The van der Waals surface area contributed by atoms with Crippen LogP contribution in [0, 0.1) is 5.92 Å². The second kappa shape index (κ2) is 5.13. The molecule has 0 aromatic heterocycles. The largest absolute Gasteiger partial charge is 0.392 e. The smallest absolute Gasteiger partial charge is 0.0688 e. The zero-order valence-corrected chi connectivity index (χ0v) is 9.84. The molecule has 1 rings (SSSR count). The van der Waals surface area contributed by atoms with E-state index in [0.29, 0.717) is 0 Å². The quantitative estimate of drug-likeness (QED) is 0.728. The molecule has 0 saturated heterocycles.